The van der Waals surface area contributed by atoms with Gasteiger partial charge in [0.2, 0.25) is 0 Å². The van der Waals surface area contributed by atoms with Crippen molar-refractivity contribution >= 4 is 17.2 Å². The lowest BCUT2D eigenvalue weighted by molar-refractivity contribution is 0.274. The third-order valence-electron chi connectivity index (χ3n) is 2.42. The lowest BCUT2D eigenvalue weighted by Gasteiger charge is -2.16. The van der Waals surface area contributed by atoms with Crippen LogP contribution in [0, 0.1) is 11.3 Å². The summed E-state index contributed by atoms with van der Waals surface area (Å²) < 4.78 is 0. The number of nitrogens with zero attached hydrogens (tertiary/aromatic N) is 3. The first-order valence-electron chi connectivity index (χ1n) is 5.43. The van der Waals surface area contributed by atoms with Gasteiger partial charge in [-0.1, -0.05) is 0 Å². The highest BCUT2D eigenvalue weighted by molar-refractivity contribution is 7.09. The van der Waals surface area contributed by atoms with E-state index in [0.29, 0.717) is 17.8 Å². The zero-order valence-electron chi connectivity index (χ0n) is 9.58. The van der Waals surface area contributed by atoms with E-state index in [1.165, 1.54) is 11.3 Å². The van der Waals surface area contributed by atoms with Crippen molar-refractivity contribution < 1.29 is 5.11 Å². The molecule has 0 saturated carbocycles. The number of anilines is 1. The number of pyridine rings is 1. The number of hydrogen-bond acceptors (Lipinski definition) is 6. The molecule has 2 aromatic rings. The maximum atomic E-state index is 9.36. The SMILES string of the molecule is N#Cc1cccnc1N[C@@H](CO)Cc1cncs1. The summed E-state index contributed by atoms with van der Waals surface area (Å²) in [5, 5.41) is 21.4. The van der Waals surface area contributed by atoms with Gasteiger partial charge >= 0.3 is 0 Å². The van der Waals surface area contributed by atoms with Gasteiger partial charge in [0, 0.05) is 23.7 Å². The molecule has 5 nitrogen and oxygen atoms in total. The van der Waals surface area contributed by atoms with E-state index in [0.717, 1.165) is 4.88 Å². The van der Waals surface area contributed by atoms with Crippen molar-refractivity contribution in [1.29, 1.82) is 5.26 Å². The van der Waals surface area contributed by atoms with Crippen LogP contribution in [0.5, 0.6) is 0 Å². The number of aromatic nitrogens is 2. The second-order valence-electron chi connectivity index (χ2n) is 3.71. The van der Waals surface area contributed by atoms with Gasteiger partial charge in [-0.3, -0.25) is 4.98 Å². The molecule has 0 fully saturated rings. The molecule has 0 aromatic carbocycles. The summed E-state index contributed by atoms with van der Waals surface area (Å²) >= 11 is 1.54. The number of aliphatic hydroxyl groups excluding tert-OH is 1. The van der Waals surface area contributed by atoms with E-state index < -0.39 is 0 Å². The fourth-order valence-corrected chi connectivity index (χ4v) is 2.23. The molecule has 0 saturated heterocycles. The van der Waals surface area contributed by atoms with Gasteiger partial charge in [0.15, 0.2) is 0 Å². The number of nitrogens with one attached hydrogen (secondary N) is 1. The molecule has 0 aliphatic carbocycles. The molecular weight excluding hydrogens is 248 g/mol. The number of hydrogen-bond donors (Lipinski definition) is 2. The fraction of sp³-hybridized carbons (Fsp3) is 0.250. The summed E-state index contributed by atoms with van der Waals surface area (Å²) in [6, 6.07) is 5.29. The first-order chi connectivity index (χ1) is 8.83. The van der Waals surface area contributed by atoms with Gasteiger partial charge in [-0.15, -0.1) is 11.3 Å². The normalized spacial score (nSPS) is 11.8. The Balaban J connectivity index is 2.08. The molecule has 2 heterocycles. The summed E-state index contributed by atoms with van der Waals surface area (Å²) in [6.07, 6.45) is 4.05. The molecule has 0 radical (unpaired) electrons. The predicted molar refractivity (Wildman–Crippen MR) is 69.3 cm³/mol. The molecule has 0 spiro atoms. The highest BCUT2D eigenvalue weighted by Gasteiger charge is 2.12. The fourth-order valence-electron chi connectivity index (χ4n) is 1.55. The molecule has 0 aliphatic heterocycles. The van der Waals surface area contributed by atoms with Crippen LogP contribution < -0.4 is 5.32 Å². The van der Waals surface area contributed by atoms with E-state index in [9.17, 15) is 5.11 Å². The second kappa shape index (κ2) is 6.10. The zero-order valence-corrected chi connectivity index (χ0v) is 10.4. The van der Waals surface area contributed by atoms with Crippen molar-refractivity contribution in [2.45, 2.75) is 12.5 Å². The van der Waals surface area contributed by atoms with Gasteiger partial charge in [0.05, 0.1) is 23.7 Å². The number of aliphatic hydroxyl groups is 1. The van der Waals surface area contributed by atoms with Gasteiger partial charge < -0.3 is 10.4 Å². The van der Waals surface area contributed by atoms with Crippen LogP contribution in [0.15, 0.2) is 30.0 Å². The molecule has 2 N–H and O–H groups in total. The minimum Gasteiger partial charge on any atom is -0.394 e. The van der Waals surface area contributed by atoms with Crippen molar-refractivity contribution in [2.75, 3.05) is 11.9 Å². The third-order valence-corrected chi connectivity index (χ3v) is 3.22. The summed E-state index contributed by atoms with van der Waals surface area (Å²) in [7, 11) is 0. The molecule has 2 rings (SSSR count). The lowest BCUT2D eigenvalue weighted by Crippen LogP contribution is -2.27. The topological polar surface area (TPSA) is 81.8 Å². The maximum absolute atomic E-state index is 9.36. The second-order valence-corrected chi connectivity index (χ2v) is 4.68. The Morgan fingerprint density at radius 1 is 1.56 bits per heavy atom. The molecule has 2 aromatic heterocycles. The maximum Gasteiger partial charge on any atom is 0.144 e. The van der Waals surface area contributed by atoms with Gasteiger partial charge in [-0.25, -0.2) is 4.98 Å². The molecule has 1 atom stereocenters. The highest BCUT2D eigenvalue weighted by Crippen LogP contribution is 2.14. The Morgan fingerprint density at radius 2 is 2.44 bits per heavy atom. The van der Waals surface area contributed by atoms with Crippen LogP contribution in [0.3, 0.4) is 0 Å². The van der Waals surface area contributed by atoms with Gasteiger partial charge in [-0.2, -0.15) is 5.26 Å². The van der Waals surface area contributed by atoms with E-state index in [1.807, 2.05) is 0 Å². The van der Waals surface area contributed by atoms with Crippen LogP contribution in [-0.4, -0.2) is 27.7 Å². The Bertz CT molecular complexity index is 535. The molecule has 0 unspecified atom stereocenters. The minimum atomic E-state index is -0.174. The van der Waals surface area contributed by atoms with Gasteiger partial charge in [0.1, 0.15) is 11.9 Å². The van der Waals surface area contributed by atoms with Crippen molar-refractivity contribution in [2.24, 2.45) is 0 Å². The molecule has 0 aliphatic rings. The molecule has 92 valence electrons. The van der Waals surface area contributed by atoms with Crippen molar-refractivity contribution in [3.8, 4) is 6.07 Å². The summed E-state index contributed by atoms with van der Waals surface area (Å²) in [5.41, 5.74) is 2.23. The smallest absolute Gasteiger partial charge is 0.144 e. The Morgan fingerprint density at radius 3 is 3.11 bits per heavy atom. The Labute approximate surface area is 109 Å². The average Bonchev–Trinajstić information content (AvgIpc) is 2.91. The number of nitriles is 1. The van der Waals surface area contributed by atoms with Crippen molar-refractivity contribution in [3.63, 3.8) is 0 Å². The summed E-state index contributed by atoms with van der Waals surface area (Å²) in [6.45, 7) is -0.0284. The number of rotatable bonds is 5. The highest BCUT2D eigenvalue weighted by atomic mass is 32.1. The molecule has 6 heteroatoms. The Kier molecular flexibility index (Phi) is 4.23. The first kappa shape index (κ1) is 12.5. The van der Waals surface area contributed by atoms with Gasteiger partial charge in [-0.05, 0) is 12.1 Å². The van der Waals surface area contributed by atoms with E-state index in [2.05, 4.69) is 21.4 Å². The van der Waals surface area contributed by atoms with Crippen LogP contribution in [0.2, 0.25) is 0 Å². The predicted octanol–water partition coefficient (Wildman–Crippen LogP) is 1.43. The minimum absolute atomic E-state index is 0.0284. The summed E-state index contributed by atoms with van der Waals surface area (Å²) in [5.74, 6) is 0.503. The van der Waals surface area contributed by atoms with Crippen LogP contribution in [0.1, 0.15) is 10.4 Å². The molecule has 0 bridgehead atoms. The monoisotopic (exact) mass is 260 g/mol. The standard InChI is InChI=1S/C12H12N4OS/c13-5-9-2-1-3-15-12(9)16-10(7-17)4-11-6-14-8-18-11/h1-3,6,8,10,17H,4,7H2,(H,15,16)/t10-/m1/s1. The van der Waals surface area contributed by atoms with Crippen LogP contribution in [0.4, 0.5) is 5.82 Å². The van der Waals surface area contributed by atoms with Crippen LogP contribution >= 0.6 is 11.3 Å². The van der Waals surface area contributed by atoms with Gasteiger partial charge in [0.25, 0.3) is 0 Å². The van der Waals surface area contributed by atoms with E-state index in [-0.39, 0.29) is 12.6 Å². The Hall–Kier alpha value is -1.97. The molecular formula is C12H12N4OS. The first-order valence-corrected chi connectivity index (χ1v) is 6.31. The summed E-state index contributed by atoms with van der Waals surface area (Å²) in [4.78, 5) is 9.18. The molecule has 18 heavy (non-hydrogen) atoms. The van der Waals surface area contributed by atoms with Crippen LogP contribution in [-0.2, 0) is 6.42 Å². The number of thiazole rings is 1. The lowest BCUT2D eigenvalue weighted by atomic mass is 10.2. The van der Waals surface area contributed by atoms with Crippen molar-refractivity contribution in [1.82, 2.24) is 9.97 Å². The third kappa shape index (κ3) is 3.03. The van der Waals surface area contributed by atoms with Crippen molar-refractivity contribution in [3.05, 3.63) is 40.5 Å². The van der Waals surface area contributed by atoms with E-state index in [1.54, 1.807) is 30.0 Å². The molecule has 0 amide bonds. The quantitative estimate of drug-likeness (QED) is 0.849. The van der Waals surface area contributed by atoms with E-state index >= 15 is 0 Å². The average molecular weight is 260 g/mol. The van der Waals surface area contributed by atoms with E-state index in [4.69, 9.17) is 5.26 Å². The zero-order chi connectivity index (χ0) is 12.8. The van der Waals surface area contributed by atoms with Crippen LogP contribution in [0.25, 0.3) is 0 Å². The largest absolute Gasteiger partial charge is 0.394 e.